The number of benzene rings is 2. The van der Waals surface area contributed by atoms with E-state index >= 15 is 0 Å². The Balaban J connectivity index is 1.49. The zero-order valence-electron chi connectivity index (χ0n) is 15.6. The molecule has 2 amide bonds. The second kappa shape index (κ2) is 7.26. The Labute approximate surface area is 178 Å². The van der Waals surface area contributed by atoms with E-state index in [-0.39, 0.29) is 17.0 Å². The number of nitrogens with zero attached hydrogens (tertiary/aromatic N) is 4. The summed E-state index contributed by atoms with van der Waals surface area (Å²) in [5.41, 5.74) is 0.755. The molecule has 4 aromatic rings. The lowest BCUT2D eigenvalue weighted by molar-refractivity contribution is -0.0592. The topological polar surface area (TPSA) is 94.4 Å². The van der Waals surface area contributed by atoms with Gasteiger partial charge in [-0.25, -0.2) is 13.9 Å². The number of carbonyl (C=O) groups is 3. The molecule has 0 atom stereocenters. The molecule has 0 saturated heterocycles. The Bertz CT molecular complexity index is 1300. The van der Waals surface area contributed by atoms with Crippen molar-refractivity contribution in [3.05, 3.63) is 88.8 Å². The highest BCUT2D eigenvalue weighted by atomic mass is 32.1. The first-order chi connectivity index (χ1) is 15.0. The van der Waals surface area contributed by atoms with E-state index in [0.717, 1.165) is 0 Å². The van der Waals surface area contributed by atoms with E-state index in [9.17, 15) is 18.8 Å². The first-order valence-electron chi connectivity index (χ1n) is 9.00. The van der Waals surface area contributed by atoms with E-state index in [1.165, 1.54) is 52.4 Å². The molecule has 0 radical (unpaired) electrons. The average Bonchev–Trinajstić information content (AvgIpc) is 3.51. The van der Waals surface area contributed by atoms with E-state index in [1.54, 1.807) is 24.3 Å². The lowest BCUT2D eigenvalue weighted by atomic mass is 10.1. The van der Waals surface area contributed by atoms with Crippen LogP contribution in [-0.4, -0.2) is 37.6 Å². The monoisotopic (exact) mass is 434 g/mol. The number of amides is 2. The van der Waals surface area contributed by atoms with Crippen LogP contribution >= 0.6 is 11.3 Å². The molecule has 0 unspecified atom stereocenters. The number of carbonyl (C=O) groups excluding carboxylic acids is 3. The summed E-state index contributed by atoms with van der Waals surface area (Å²) in [5.74, 6) is -3.02. The number of fused-ring (bicyclic) bond motifs is 1. The smallest absolute Gasteiger partial charge is 0.321 e. The molecule has 0 spiro atoms. The maximum Gasteiger partial charge on any atom is 0.403 e. The summed E-state index contributed by atoms with van der Waals surface area (Å²) in [7, 11) is 0. The molecule has 0 aliphatic carbocycles. The fourth-order valence-corrected chi connectivity index (χ4v) is 3.80. The standard InChI is InChI=1S/C21H11FN4O4S/c22-12-7-9-13(10-8-12)25-18(16-6-3-11-31-16)23-17(24-25)21(29)30-26-19(27)14-4-1-2-5-15(14)20(26)28/h1-11H. The third-order valence-corrected chi connectivity index (χ3v) is 5.40. The summed E-state index contributed by atoms with van der Waals surface area (Å²) in [5, 5.41) is 6.40. The van der Waals surface area contributed by atoms with Gasteiger partial charge < -0.3 is 4.84 Å². The Morgan fingerprint density at radius 2 is 1.61 bits per heavy atom. The number of hydroxylamine groups is 2. The van der Waals surface area contributed by atoms with Crippen LogP contribution in [0.2, 0.25) is 0 Å². The molecule has 2 aromatic heterocycles. The maximum absolute atomic E-state index is 13.3. The molecular formula is C21H11FN4O4S. The summed E-state index contributed by atoms with van der Waals surface area (Å²) in [6.45, 7) is 0. The van der Waals surface area contributed by atoms with E-state index in [2.05, 4.69) is 10.1 Å². The van der Waals surface area contributed by atoms with Crippen molar-refractivity contribution in [3.63, 3.8) is 0 Å². The molecule has 0 fully saturated rings. The molecule has 0 saturated carbocycles. The normalized spacial score (nSPS) is 12.9. The van der Waals surface area contributed by atoms with E-state index in [1.807, 2.05) is 5.38 Å². The van der Waals surface area contributed by atoms with Crippen molar-refractivity contribution in [2.45, 2.75) is 0 Å². The minimum absolute atomic E-state index is 0.143. The highest BCUT2D eigenvalue weighted by Crippen LogP contribution is 2.27. The predicted molar refractivity (Wildman–Crippen MR) is 107 cm³/mol. The van der Waals surface area contributed by atoms with Crippen molar-refractivity contribution in [1.29, 1.82) is 0 Å². The zero-order valence-corrected chi connectivity index (χ0v) is 16.4. The van der Waals surface area contributed by atoms with Crippen LogP contribution in [0.3, 0.4) is 0 Å². The number of rotatable bonds is 4. The first kappa shape index (κ1) is 18.8. The molecule has 0 bridgehead atoms. The highest BCUT2D eigenvalue weighted by Gasteiger charge is 2.39. The number of thiophene rings is 1. The Morgan fingerprint density at radius 1 is 0.935 bits per heavy atom. The first-order valence-corrected chi connectivity index (χ1v) is 9.88. The zero-order chi connectivity index (χ0) is 21.5. The molecule has 1 aliphatic heterocycles. The fraction of sp³-hybridized carbons (Fsp3) is 0. The Kier molecular flexibility index (Phi) is 4.41. The largest absolute Gasteiger partial charge is 0.403 e. The predicted octanol–water partition coefficient (Wildman–Crippen LogP) is 3.50. The SMILES string of the molecule is O=C(ON1C(=O)c2ccccc2C1=O)c1nc(-c2cccs2)n(-c2ccc(F)cc2)n1. The van der Waals surface area contributed by atoms with Crippen LogP contribution in [-0.2, 0) is 4.84 Å². The number of hydrogen-bond donors (Lipinski definition) is 0. The number of halogens is 1. The number of aromatic nitrogens is 3. The van der Waals surface area contributed by atoms with Crippen LogP contribution < -0.4 is 0 Å². The summed E-state index contributed by atoms with van der Waals surface area (Å²) >= 11 is 1.37. The van der Waals surface area contributed by atoms with Gasteiger partial charge in [0.2, 0.25) is 0 Å². The van der Waals surface area contributed by atoms with Gasteiger partial charge in [0, 0.05) is 0 Å². The Morgan fingerprint density at radius 3 is 2.23 bits per heavy atom. The second-order valence-corrected chi connectivity index (χ2v) is 7.40. The van der Waals surface area contributed by atoms with Crippen LogP contribution in [0.4, 0.5) is 4.39 Å². The molecule has 31 heavy (non-hydrogen) atoms. The van der Waals surface area contributed by atoms with Crippen molar-refractivity contribution in [1.82, 2.24) is 19.8 Å². The molecule has 3 heterocycles. The van der Waals surface area contributed by atoms with Crippen molar-refractivity contribution in [3.8, 4) is 16.4 Å². The third-order valence-electron chi connectivity index (χ3n) is 4.53. The lowest BCUT2D eigenvalue weighted by Gasteiger charge is -2.10. The van der Waals surface area contributed by atoms with Gasteiger partial charge in [0.15, 0.2) is 5.82 Å². The molecule has 5 rings (SSSR count). The minimum Gasteiger partial charge on any atom is -0.321 e. The van der Waals surface area contributed by atoms with Crippen LogP contribution in [0.5, 0.6) is 0 Å². The van der Waals surface area contributed by atoms with Gasteiger partial charge in [-0.1, -0.05) is 23.3 Å². The molecule has 1 aliphatic rings. The molecule has 8 nitrogen and oxygen atoms in total. The lowest BCUT2D eigenvalue weighted by Crippen LogP contribution is -2.33. The maximum atomic E-state index is 13.3. The van der Waals surface area contributed by atoms with Gasteiger partial charge in [-0.3, -0.25) is 9.59 Å². The van der Waals surface area contributed by atoms with Crippen LogP contribution in [0.25, 0.3) is 16.4 Å². The van der Waals surface area contributed by atoms with E-state index in [4.69, 9.17) is 4.84 Å². The highest BCUT2D eigenvalue weighted by molar-refractivity contribution is 7.13. The van der Waals surface area contributed by atoms with Crippen molar-refractivity contribution in [2.24, 2.45) is 0 Å². The summed E-state index contributed by atoms with van der Waals surface area (Å²) in [6.07, 6.45) is 0. The van der Waals surface area contributed by atoms with Gasteiger partial charge in [0.05, 0.1) is 21.7 Å². The minimum atomic E-state index is -1.08. The summed E-state index contributed by atoms with van der Waals surface area (Å²) in [6, 6.07) is 15.2. The molecular weight excluding hydrogens is 423 g/mol. The summed E-state index contributed by atoms with van der Waals surface area (Å²) in [4.78, 5) is 47.6. The average molecular weight is 434 g/mol. The number of imide groups is 1. The van der Waals surface area contributed by atoms with Gasteiger partial charge in [-0.05, 0) is 47.8 Å². The third kappa shape index (κ3) is 3.19. The van der Waals surface area contributed by atoms with Crippen LogP contribution in [0.15, 0.2) is 66.0 Å². The Hall–Kier alpha value is -4.18. The fourth-order valence-electron chi connectivity index (χ4n) is 3.10. The van der Waals surface area contributed by atoms with Crippen molar-refractivity contribution >= 4 is 29.1 Å². The quantitative estimate of drug-likeness (QED) is 0.457. The van der Waals surface area contributed by atoms with Gasteiger partial charge >= 0.3 is 5.97 Å². The van der Waals surface area contributed by atoms with E-state index in [0.29, 0.717) is 21.5 Å². The van der Waals surface area contributed by atoms with Crippen molar-refractivity contribution < 1.29 is 23.6 Å². The van der Waals surface area contributed by atoms with Crippen molar-refractivity contribution in [2.75, 3.05) is 0 Å². The molecule has 2 aromatic carbocycles. The number of hydrogen-bond acceptors (Lipinski definition) is 7. The van der Waals surface area contributed by atoms with Gasteiger partial charge in [0.1, 0.15) is 5.82 Å². The molecule has 152 valence electrons. The molecule has 10 heteroatoms. The van der Waals surface area contributed by atoms with Gasteiger partial charge in [-0.2, -0.15) is 4.98 Å². The van der Waals surface area contributed by atoms with Gasteiger partial charge in [0.25, 0.3) is 17.6 Å². The van der Waals surface area contributed by atoms with E-state index < -0.39 is 23.6 Å². The van der Waals surface area contributed by atoms with Gasteiger partial charge in [-0.15, -0.1) is 16.4 Å². The van der Waals surface area contributed by atoms with Crippen LogP contribution in [0.1, 0.15) is 31.3 Å². The second-order valence-electron chi connectivity index (χ2n) is 6.45. The van der Waals surface area contributed by atoms with Crippen LogP contribution in [0, 0.1) is 5.82 Å². The molecule has 0 N–H and O–H groups in total. The summed E-state index contributed by atoms with van der Waals surface area (Å²) < 4.78 is 14.7.